The van der Waals surface area contributed by atoms with Crippen molar-refractivity contribution >= 4 is 17.6 Å². The van der Waals surface area contributed by atoms with Crippen LogP contribution in [0, 0.1) is 0 Å². The van der Waals surface area contributed by atoms with Gasteiger partial charge in [0.05, 0.1) is 12.0 Å². The summed E-state index contributed by atoms with van der Waals surface area (Å²) in [5.74, 6) is -1.06. The molecule has 0 fully saturated rings. The van der Waals surface area contributed by atoms with Gasteiger partial charge in [-0.2, -0.15) is 13.2 Å². The van der Waals surface area contributed by atoms with Gasteiger partial charge in [-0.3, -0.25) is 4.79 Å². The SMILES string of the molecule is O=C(O)Cc1cc(Cl)ncc1-c1ccc(C(F)(F)F)cc1. The van der Waals surface area contributed by atoms with E-state index in [2.05, 4.69) is 4.98 Å². The molecule has 0 saturated heterocycles. The van der Waals surface area contributed by atoms with E-state index in [9.17, 15) is 18.0 Å². The molecule has 21 heavy (non-hydrogen) atoms. The van der Waals surface area contributed by atoms with Crippen molar-refractivity contribution in [2.24, 2.45) is 0 Å². The third kappa shape index (κ3) is 3.72. The summed E-state index contributed by atoms with van der Waals surface area (Å²) in [6, 6.07) is 5.82. The lowest BCUT2D eigenvalue weighted by Gasteiger charge is -2.10. The number of aromatic nitrogens is 1. The van der Waals surface area contributed by atoms with E-state index in [0.717, 1.165) is 12.1 Å². The first-order valence-electron chi connectivity index (χ1n) is 5.81. The van der Waals surface area contributed by atoms with Gasteiger partial charge in [0.15, 0.2) is 0 Å². The standard InChI is InChI=1S/C14H9ClF3NO2/c15-12-5-9(6-13(20)21)11(7-19-12)8-1-3-10(4-2-8)14(16,17)18/h1-5,7H,6H2,(H,20,21). The number of halogens is 4. The Bertz CT molecular complexity index is 669. The Hall–Kier alpha value is -2.08. The molecule has 110 valence electrons. The predicted octanol–water partition coefficient (Wildman–Crippen LogP) is 4.05. The van der Waals surface area contributed by atoms with Crippen LogP contribution in [0.4, 0.5) is 13.2 Å². The number of pyridine rings is 1. The molecular weight excluding hydrogens is 307 g/mol. The highest BCUT2D eigenvalue weighted by molar-refractivity contribution is 6.29. The maximum Gasteiger partial charge on any atom is 0.416 e. The Morgan fingerprint density at radius 3 is 2.38 bits per heavy atom. The number of carboxylic acid groups (broad SMARTS) is 1. The normalized spacial score (nSPS) is 11.4. The summed E-state index contributed by atoms with van der Waals surface area (Å²) in [6.45, 7) is 0. The predicted molar refractivity (Wildman–Crippen MR) is 71.0 cm³/mol. The number of hydrogen-bond acceptors (Lipinski definition) is 2. The summed E-state index contributed by atoms with van der Waals surface area (Å²) >= 11 is 5.72. The third-order valence-electron chi connectivity index (χ3n) is 2.82. The summed E-state index contributed by atoms with van der Waals surface area (Å²) in [5.41, 5.74) is 0.508. The van der Waals surface area contributed by atoms with Gasteiger partial charge >= 0.3 is 12.1 Å². The lowest BCUT2D eigenvalue weighted by atomic mass is 9.99. The highest BCUT2D eigenvalue weighted by atomic mass is 35.5. The highest BCUT2D eigenvalue weighted by Gasteiger charge is 2.30. The summed E-state index contributed by atoms with van der Waals surface area (Å²) < 4.78 is 37.6. The molecule has 0 saturated carbocycles. The zero-order chi connectivity index (χ0) is 15.6. The van der Waals surface area contributed by atoms with Gasteiger partial charge in [-0.15, -0.1) is 0 Å². The van der Waals surface area contributed by atoms with Crippen molar-refractivity contribution < 1.29 is 23.1 Å². The van der Waals surface area contributed by atoms with Gasteiger partial charge in [0.1, 0.15) is 5.15 Å². The Labute approximate surface area is 123 Å². The molecule has 3 nitrogen and oxygen atoms in total. The largest absolute Gasteiger partial charge is 0.481 e. The molecule has 0 radical (unpaired) electrons. The third-order valence-corrected chi connectivity index (χ3v) is 3.03. The molecule has 1 N–H and O–H groups in total. The molecule has 0 amide bonds. The minimum absolute atomic E-state index is 0.127. The number of aliphatic carboxylic acids is 1. The van der Waals surface area contributed by atoms with Crippen LogP contribution < -0.4 is 0 Å². The van der Waals surface area contributed by atoms with E-state index in [1.54, 1.807) is 0 Å². The van der Waals surface area contributed by atoms with Crippen LogP contribution in [0.25, 0.3) is 11.1 Å². The van der Waals surface area contributed by atoms with Gasteiger partial charge in [-0.25, -0.2) is 4.98 Å². The smallest absolute Gasteiger partial charge is 0.416 e. The summed E-state index contributed by atoms with van der Waals surface area (Å²) in [5, 5.41) is 8.99. The van der Waals surface area contributed by atoms with Gasteiger partial charge in [-0.05, 0) is 29.3 Å². The maximum absolute atomic E-state index is 12.5. The first kappa shape index (κ1) is 15.3. The van der Waals surface area contributed by atoms with Crippen LogP contribution in [0.3, 0.4) is 0 Å². The molecule has 7 heteroatoms. The van der Waals surface area contributed by atoms with Crippen LogP contribution in [0.5, 0.6) is 0 Å². The van der Waals surface area contributed by atoms with Crippen LogP contribution in [-0.2, 0) is 17.4 Å². The molecule has 0 aliphatic heterocycles. The molecule has 1 aromatic heterocycles. The molecule has 0 aliphatic carbocycles. The van der Waals surface area contributed by atoms with Crippen molar-refractivity contribution in [2.45, 2.75) is 12.6 Å². The van der Waals surface area contributed by atoms with Crippen molar-refractivity contribution in [1.82, 2.24) is 4.98 Å². The Balaban J connectivity index is 2.44. The molecule has 1 heterocycles. The zero-order valence-electron chi connectivity index (χ0n) is 10.5. The van der Waals surface area contributed by atoms with E-state index in [1.807, 2.05) is 0 Å². The fourth-order valence-corrected chi connectivity index (χ4v) is 2.06. The molecule has 0 bridgehead atoms. The fourth-order valence-electron chi connectivity index (χ4n) is 1.88. The number of carbonyl (C=O) groups is 1. The average Bonchev–Trinajstić information content (AvgIpc) is 2.37. The van der Waals surface area contributed by atoms with E-state index >= 15 is 0 Å². The molecule has 0 unspecified atom stereocenters. The van der Waals surface area contributed by atoms with Crippen LogP contribution in [0.2, 0.25) is 5.15 Å². The quantitative estimate of drug-likeness (QED) is 0.869. The summed E-state index contributed by atoms with van der Waals surface area (Å²) in [6.07, 6.45) is -3.36. The molecule has 1 aromatic carbocycles. The lowest BCUT2D eigenvalue weighted by Crippen LogP contribution is -2.05. The van der Waals surface area contributed by atoms with Crippen LogP contribution >= 0.6 is 11.6 Å². The molecule has 0 atom stereocenters. The molecule has 2 aromatic rings. The van der Waals surface area contributed by atoms with Crippen LogP contribution in [-0.4, -0.2) is 16.1 Å². The molecule has 2 rings (SSSR count). The Kier molecular flexibility index (Phi) is 4.18. The molecule has 0 spiro atoms. The van der Waals surface area contributed by atoms with E-state index in [1.165, 1.54) is 24.4 Å². The number of benzene rings is 1. The number of alkyl halides is 3. The average molecular weight is 316 g/mol. The summed E-state index contributed by atoms with van der Waals surface area (Å²) in [4.78, 5) is 14.7. The highest BCUT2D eigenvalue weighted by Crippen LogP contribution is 2.32. The molecular formula is C14H9ClF3NO2. The van der Waals surface area contributed by atoms with Gasteiger partial charge < -0.3 is 5.11 Å². The number of hydrogen-bond donors (Lipinski definition) is 1. The monoisotopic (exact) mass is 315 g/mol. The van der Waals surface area contributed by atoms with Crippen molar-refractivity contribution in [3.05, 3.63) is 52.8 Å². The van der Waals surface area contributed by atoms with E-state index in [4.69, 9.17) is 16.7 Å². The van der Waals surface area contributed by atoms with Gasteiger partial charge in [0.2, 0.25) is 0 Å². The topological polar surface area (TPSA) is 50.2 Å². The van der Waals surface area contributed by atoms with E-state index in [-0.39, 0.29) is 11.6 Å². The van der Waals surface area contributed by atoms with E-state index < -0.39 is 17.7 Å². The van der Waals surface area contributed by atoms with Crippen molar-refractivity contribution in [3.63, 3.8) is 0 Å². The van der Waals surface area contributed by atoms with Gasteiger partial charge in [-0.1, -0.05) is 23.7 Å². The zero-order valence-corrected chi connectivity index (χ0v) is 11.2. The second kappa shape index (κ2) is 5.73. The number of carboxylic acids is 1. The van der Waals surface area contributed by atoms with Crippen molar-refractivity contribution in [3.8, 4) is 11.1 Å². The number of nitrogens with zero attached hydrogens (tertiary/aromatic N) is 1. The minimum atomic E-state index is -4.42. The fraction of sp³-hybridized carbons (Fsp3) is 0.143. The van der Waals surface area contributed by atoms with E-state index in [0.29, 0.717) is 16.7 Å². The minimum Gasteiger partial charge on any atom is -0.481 e. The van der Waals surface area contributed by atoms with Gasteiger partial charge in [0.25, 0.3) is 0 Å². The molecule has 0 aliphatic rings. The van der Waals surface area contributed by atoms with Gasteiger partial charge in [0, 0.05) is 11.8 Å². The second-order valence-corrected chi connectivity index (χ2v) is 4.70. The van der Waals surface area contributed by atoms with Crippen LogP contribution in [0.15, 0.2) is 36.5 Å². The first-order chi connectivity index (χ1) is 9.77. The maximum atomic E-state index is 12.5. The lowest BCUT2D eigenvalue weighted by molar-refractivity contribution is -0.138. The van der Waals surface area contributed by atoms with Crippen molar-refractivity contribution in [1.29, 1.82) is 0 Å². The van der Waals surface area contributed by atoms with Crippen LogP contribution in [0.1, 0.15) is 11.1 Å². The van der Waals surface area contributed by atoms with Crippen molar-refractivity contribution in [2.75, 3.05) is 0 Å². The number of rotatable bonds is 3. The first-order valence-corrected chi connectivity index (χ1v) is 6.19. The Morgan fingerprint density at radius 1 is 1.24 bits per heavy atom. The Morgan fingerprint density at radius 2 is 1.86 bits per heavy atom. The second-order valence-electron chi connectivity index (χ2n) is 4.31. The summed E-state index contributed by atoms with van der Waals surface area (Å²) in [7, 11) is 0.